The zero-order chi connectivity index (χ0) is 47.9. The highest BCUT2D eigenvalue weighted by atomic mass is 19.4. The summed E-state index contributed by atoms with van der Waals surface area (Å²) in [6.45, 7) is 0.228. The molecule has 17 nitrogen and oxygen atoms in total. The number of rotatable bonds is 10. The minimum Gasteiger partial charge on any atom is -0.476 e. The van der Waals surface area contributed by atoms with Gasteiger partial charge in [-0.3, -0.25) is 14.4 Å². The summed E-state index contributed by atoms with van der Waals surface area (Å²) >= 11 is 0. The van der Waals surface area contributed by atoms with Crippen molar-refractivity contribution >= 4 is 80.8 Å². The minimum absolute atomic E-state index is 0.000348. The van der Waals surface area contributed by atoms with E-state index in [1.54, 1.807) is 0 Å². The molecule has 2 atom stereocenters. The van der Waals surface area contributed by atoms with Crippen molar-refractivity contribution in [2.75, 3.05) is 30.3 Å². The van der Waals surface area contributed by atoms with Crippen LogP contribution in [0.25, 0.3) is 22.1 Å². The van der Waals surface area contributed by atoms with Gasteiger partial charge in [-0.2, -0.15) is 26.3 Å². The fourth-order valence-electron chi connectivity index (χ4n) is 7.59. The molecule has 23 heteroatoms. The van der Waals surface area contributed by atoms with Crippen molar-refractivity contribution in [3.05, 3.63) is 119 Å². The molecule has 2 aromatic heterocycles. The second-order valence-corrected chi connectivity index (χ2v) is 15.4. The number of aromatic nitrogens is 4. The number of hydrogen-bond donors (Lipinski definition) is 4. The van der Waals surface area contributed by atoms with Gasteiger partial charge in [0.1, 0.15) is 6.04 Å². The smallest absolute Gasteiger partial charge is 0.416 e. The number of nitrogens with one attached hydrogen (secondary N) is 2. The van der Waals surface area contributed by atoms with Gasteiger partial charge in [-0.25, -0.2) is 34.3 Å². The van der Waals surface area contributed by atoms with Crippen LogP contribution in [0.1, 0.15) is 72.1 Å². The normalized spacial score (nSPS) is 16.3. The van der Waals surface area contributed by atoms with E-state index in [-0.39, 0.29) is 88.7 Å². The quantitative estimate of drug-likeness (QED) is 0.0598. The molecule has 344 valence electrons. The van der Waals surface area contributed by atoms with E-state index >= 15 is 0 Å². The molecule has 2 fully saturated rings. The number of anilines is 4. The molecule has 8 rings (SSSR count). The summed E-state index contributed by atoms with van der Waals surface area (Å²) < 4.78 is 84.5. The van der Waals surface area contributed by atoms with Crippen LogP contribution in [-0.2, 0) is 26.7 Å². The topological polar surface area (TPSA) is 234 Å². The molecular weight excluding hydrogens is 899 g/mol. The second kappa shape index (κ2) is 17.6. The third-order valence-corrected chi connectivity index (χ3v) is 11.0. The zero-order valence-electron chi connectivity index (χ0n) is 34.2. The maximum Gasteiger partial charge on any atom is 0.416 e. The Bertz CT molecular complexity index is 3010. The Morgan fingerprint density at radius 1 is 0.582 bits per heavy atom. The van der Waals surface area contributed by atoms with Gasteiger partial charge in [0.25, 0.3) is 11.8 Å². The van der Waals surface area contributed by atoms with Gasteiger partial charge in [0.2, 0.25) is 0 Å². The molecule has 4 heterocycles. The fraction of sp³-hybridized carbons (Fsp3) is 0.227. The van der Waals surface area contributed by atoms with E-state index in [9.17, 15) is 65.3 Å². The Balaban J connectivity index is 0.860. The average Bonchev–Trinajstić information content (AvgIpc) is 3.99. The number of carboxylic acid groups (broad SMARTS) is 2. The number of carbonyl (C=O) groups is 6. The lowest BCUT2D eigenvalue weighted by Crippen LogP contribution is -2.42. The zero-order valence-corrected chi connectivity index (χ0v) is 34.2. The number of ether oxygens (including phenoxy) is 1. The molecule has 0 saturated carbocycles. The molecule has 2 amide bonds. The van der Waals surface area contributed by atoms with E-state index in [1.807, 2.05) is 0 Å². The van der Waals surface area contributed by atoms with Crippen molar-refractivity contribution in [1.82, 2.24) is 29.7 Å². The SMILES string of the molecule is O=C(O)c1nc2cc(C(F)(F)F)ccc2nc1Nc1ccc(C(=O)N2CCC(C(=O)OC(=O)C3CCCN3C(=O)c3ccc(Nc4nc5ccc(C(F)(F)F)cc5nc4C(=O)O)cc3)C2)cc1. The highest BCUT2D eigenvalue weighted by Crippen LogP contribution is 2.34. The predicted molar refractivity (Wildman–Crippen MR) is 222 cm³/mol. The number of alkyl halides is 6. The second-order valence-electron chi connectivity index (χ2n) is 15.4. The van der Waals surface area contributed by atoms with E-state index in [0.29, 0.717) is 18.6 Å². The van der Waals surface area contributed by atoms with Crippen molar-refractivity contribution < 1.29 is 70.1 Å². The lowest BCUT2D eigenvalue weighted by Gasteiger charge is -2.23. The fourth-order valence-corrected chi connectivity index (χ4v) is 7.59. The maximum absolute atomic E-state index is 13.6. The summed E-state index contributed by atoms with van der Waals surface area (Å²) in [5, 5.41) is 24.9. The van der Waals surface area contributed by atoms with Gasteiger partial charge in [-0.1, -0.05) is 0 Å². The first-order chi connectivity index (χ1) is 31.7. The molecule has 0 spiro atoms. The highest BCUT2D eigenvalue weighted by molar-refractivity contribution is 6.00. The van der Waals surface area contributed by atoms with Gasteiger partial charge in [0, 0.05) is 42.1 Å². The summed E-state index contributed by atoms with van der Waals surface area (Å²) in [6.07, 6.45) is -8.57. The molecule has 4 aromatic carbocycles. The molecule has 0 radical (unpaired) electrons. The number of nitrogens with zero attached hydrogens (tertiary/aromatic N) is 6. The minimum atomic E-state index is -4.68. The van der Waals surface area contributed by atoms with Gasteiger partial charge < -0.3 is 35.4 Å². The van der Waals surface area contributed by atoms with E-state index in [1.165, 1.54) is 58.3 Å². The van der Waals surface area contributed by atoms with Gasteiger partial charge in [0.05, 0.1) is 39.1 Å². The summed E-state index contributed by atoms with van der Waals surface area (Å²) in [5.74, 6) is -7.34. The molecule has 4 N–H and O–H groups in total. The van der Waals surface area contributed by atoms with Crippen LogP contribution < -0.4 is 10.6 Å². The Kier molecular flexibility index (Phi) is 11.9. The number of likely N-dealkylation sites (tertiary alicyclic amines) is 2. The van der Waals surface area contributed by atoms with E-state index in [0.717, 1.165) is 24.3 Å². The number of halogens is 6. The van der Waals surface area contributed by atoms with Crippen molar-refractivity contribution in [1.29, 1.82) is 0 Å². The van der Waals surface area contributed by atoms with E-state index in [2.05, 4.69) is 30.6 Å². The largest absolute Gasteiger partial charge is 0.476 e. The van der Waals surface area contributed by atoms with Crippen molar-refractivity contribution in [2.45, 2.75) is 37.7 Å². The summed E-state index contributed by atoms with van der Waals surface area (Å²) in [5.41, 5.74) is -3.05. The van der Waals surface area contributed by atoms with E-state index < -0.39 is 82.5 Å². The molecule has 0 bridgehead atoms. The number of fused-ring (bicyclic) bond motifs is 2. The number of benzene rings is 4. The van der Waals surface area contributed by atoms with E-state index in [4.69, 9.17) is 4.74 Å². The average molecular weight is 931 g/mol. The standard InChI is InChI=1S/C44H32F6N8O9/c45-43(46,47)24-7-13-28-30(18-24)53-33(39(61)62)35(55-28)51-26-9-3-21(4-10-26)37(59)57-17-15-23(20-57)41(65)67-42(66)32-2-1-16-58(32)38(60)22-5-11-27(12-6-22)52-36-34(40(63)64)54-31-19-25(44(48,49)50)8-14-29(31)56-36/h3-14,18-19,23,32H,1-2,15-17,20H2,(H,51,55)(H,52,56)(H,61,62)(H,63,64). The van der Waals surface area contributed by atoms with Crippen molar-refractivity contribution in [2.24, 2.45) is 5.92 Å². The summed E-state index contributed by atoms with van der Waals surface area (Å²) in [4.78, 5) is 96.0. The van der Waals surface area contributed by atoms with Crippen LogP contribution >= 0.6 is 0 Å². The first kappa shape index (κ1) is 45.3. The number of hydrogen-bond acceptors (Lipinski definition) is 13. The molecule has 2 aliphatic rings. The molecule has 67 heavy (non-hydrogen) atoms. The van der Waals surface area contributed by atoms with Crippen LogP contribution in [-0.4, -0.2) is 101 Å². The van der Waals surface area contributed by atoms with Gasteiger partial charge in [-0.05, 0) is 104 Å². The Morgan fingerprint density at radius 2 is 1.06 bits per heavy atom. The molecule has 0 aliphatic carbocycles. The monoisotopic (exact) mass is 930 g/mol. The van der Waals surface area contributed by atoms with Crippen LogP contribution in [0.2, 0.25) is 0 Å². The predicted octanol–water partition coefficient (Wildman–Crippen LogP) is 7.33. The maximum atomic E-state index is 13.6. The van der Waals surface area contributed by atoms with Crippen LogP contribution in [0.3, 0.4) is 0 Å². The van der Waals surface area contributed by atoms with Crippen LogP contribution in [0, 0.1) is 5.92 Å². The van der Waals surface area contributed by atoms with Crippen molar-refractivity contribution in [3.8, 4) is 0 Å². The molecule has 2 unspecified atom stereocenters. The Morgan fingerprint density at radius 3 is 1.52 bits per heavy atom. The van der Waals surface area contributed by atoms with Crippen LogP contribution in [0.4, 0.5) is 49.4 Å². The summed E-state index contributed by atoms with van der Waals surface area (Å²) in [6, 6.07) is 15.4. The number of esters is 2. The number of amides is 2. The number of carbonyl (C=O) groups excluding carboxylic acids is 4. The van der Waals surface area contributed by atoms with Crippen LogP contribution in [0.15, 0.2) is 84.9 Å². The van der Waals surface area contributed by atoms with Gasteiger partial charge in [-0.15, -0.1) is 0 Å². The highest BCUT2D eigenvalue weighted by Gasteiger charge is 2.40. The molecule has 2 saturated heterocycles. The third-order valence-electron chi connectivity index (χ3n) is 11.0. The third kappa shape index (κ3) is 9.60. The molecular formula is C44H32F6N8O9. The van der Waals surface area contributed by atoms with Gasteiger partial charge in [0.15, 0.2) is 23.0 Å². The Labute approximate surface area is 372 Å². The number of carboxylic acids is 2. The summed E-state index contributed by atoms with van der Waals surface area (Å²) in [7, 11) is 0. The molecule has 6 aromatic rings. The van der Waals surface area contributed by atoms with Crippen LogP contribution in [0.5, 0.6) is 0 Å². The first-order valence-corrected chi connectivity index (χ1v) is 20.1. The lowest BCUT2D eigenvalue weighted by atomic mass is 10.1. The lowest BCUT2D eigenvalue weighted by molar-refractivity contribution is -0.165. The Hall–Kier alpha value is -8.24. The van der Waals surface area contributed by atoms with Crippen molar-refractivity contribution in [3.63, 3.8) is 0 Å². The number of aromatic carboxylic acids is 2. The van der Waals surface area contributed by atoms with Gasteiger partial charge >= 0.3 is 36.2 Å². The molecule has 2 aliphatic heterocycles. The first-order valence-electron chi connectivity index (χ1n) is 20.1.